The molecule has 3 aromatic carbocycles. The maximum atomic E-state index is 14.0. The van der Waals surface area contributed by atoms with Crippen LogP contribution in [0.15, 0.2) is 72.8 Å². The fraction of sp³-hybridized carbons (Fsp3) is 0.250. The summed E-state index contributed by atoms with van der Waals surface area (Å²) in [5, 5.41) is 11.2. The minimum atomic E-state index is -0.998. The highest BCUT2D eigenvalue weighted by Crippen LogP contribution is 2.30. The van der Waals surface area contributed by atoms with Crippen molar-refractivity contribution in [3.63, 3.8) is 0 Å². The summed E-state index contributed by atoms with van der Waals surface area (Å²) in [7, 11) is 1.55. The van der Waals surface area contributed by atoms with Gasteiger partial charge in [0, 0.05) is 24.9 Å². The second-order valence-corrected chi connectivity index (χ2v) is 8.70. The monoisotopic (exact) mass is 499 g/mol. The molecule has 4 aromatic rings. The second-order valence-electron chi connectivity index (χ2n) is 8.70. The normalized spacial score (nSPS) is 11.8. The van der Waals surface area contributed by atoms with Crippen molar-refractivity contribution in [2.75, 3.05) is 25.2 Å². The summed E-state index contributed by atoms with van der Waals surface area (Å²) in [5.74, 6) is -0.900. The van der Waals surface area contributed by atoms with Gasteiger partial charge in [-0.25, -0.2) is 4.68 Å². The first kappa shape index (κ1) is 25.7. The first-order chi connectivity index (χ1) is 17.9. The molecular formula is C28H29N5O4. The molecule has 0 spiro atoms. The maximum Gasteiger partial charge on any atom is 0.249 e. The highest BCUT2D eigenvalue weighted by Gasteiger charge is 2.33. The molecule has 0 radical (unpaired) electrons. The quantitative estimate of drug-likeness (QED) is 0.265. The van der Waals surface area contributed by atoms with E-state index in [4.69, 9.17) is 4.74 Å². The van der Waals surface area contributed by atoms with Crippen molar-refractivity contribution < 1.29 is 19.1 Å². The molecule has 0 saturated carbocycles. The Balaban J connectivity index is 1.81. The number of hydrogen-bond acceptors (Lipinski definition) is 6. The van der Waals surface area contributed by atoms with Crippen LogP contribution in [0.25, 0.3) is 11.0 Å². The number of hydrogen-bond donors (Lipinski definition) is 1. The molecule has 0 fully saturated rings. The lowest BCUT2D eigenvalue weighted by molar-refractivity contribution is -0.127. The molecule has 0 aliphatic rings. The van der Waals surface area contributed by atoms with Crippen LogP contribution in [-0.2, 0) is 20.9 Å². The number of Topliss-reactive ketones (excluding diaryl/α,β-unsaturated/α-hetero) is 1. The van der Waals surface area contributed by atoms with Crippen LogP contribution >= 0.6 is 0 Å². The fourth-order valence-corrected chi connectivity index (χ4v) is 4.09. The van der Waals surface area contributed by atoms with Gasteiger partial charge in [-0.15, -0.1) is 5.10 Å². The van der Waals surface area contributed by atoms with Crippen molar-refractivity contribution in [2.45, 2.75) is 26.4 Å². The van der Waals surface area contributed by atoms with Crippen LogP contribution in [0.1, 0.15) is 34.5 Å². The number of benzene rings is 3. The Bertz CT molecular complexity index is 1410. The van der Waals surface area contributed by atoms with Crippen LogP contribution in [0.3, 0.4) is 0 Å². The molecule has 0 bridgehead atoms. The van der Waals surface area contributed by atoms with Gasteiger partial charge >= 0.3 is 0 Å². The van der Waals surface area contributed by atoms with Gasteiger partial charge in [-0.2, -0.15) is 0 Å². The summed E-state index contributed by atoms with van der Waals surface area (Å²) in [6.07, 6.45) is 0. The predicted octanol–water partition coefficient (Wildman–Crippen LogP) is 3.48. The van der Waals surface area contributed by atoms with E-state index in [0.29, 0.717) is 34.5 Å². The number of methoxy groups -OCH3 is 1. The molecule has 9 nitrogen and oxygen atoms in total. The molecule has 1 N–H and O–H groups in total. The van der Waals surface area contributed by atoms with Gasteiger partial charge in [-0.3, -0.25) is 19.3 Å². The second kappa shape index (κ2) is 11.6. The van der Waals surface area contributed by atoms with Crippen molar-refractivity contribution in [2.24, 2.45) is 0 Å². The number of ether oxygens (including phenoxy) is 1. The van der Waals surface area contributed by atoms with Crippen molar-refractivity contribution >= 4 is 34.3 Å². The third kappa shape index (κ3) is 5.90. The topological polar surface area (TPSA) is 106 Å². The molecular weight excluding hydrogens is 470 g/mol. The lowest BCUT2D eigenvalue weighted by atomic mass is 10.0. The molecule has 0 aliphatic carbocycles. The number of fused-ring (bicyclic) bond motifs is 1. The lowest BCUT2D eigenvalue weighted by Crippen LogP contribution is -2.46. The summed E-state index contributed by atoms with van der Waals surface area (Å²) in [4.78, 5) is 41.2. The first-order valence-corrected chi connectivity index (χ1v) is 11.9. The van der Waals surface area contributed by atoms with Gasteiger partial charge in [-0.05, 0) is 43.7 Å². The summed E-state index contributed by atoms with van der Waals surface area (Å²) in [5.41, 5.74) is 3.87. The van der Waals surface area contributed by atoms with Gasteiger partial charge in [0.25, 0.3) is 0 Å². The Kier molecular flexibility index (Phi) is 8.05. The molecule has 37 heavy (non-hydrogen) atoms. The minimum Gasteiger partial charge on any atom is -0.383 e. The van der Waals surface area contributed by atoms with Crippen molar-refractivity contribution in [3.8, 4) is 0 Å². The SMILES string of the molecule is COCCNC(=O)[C@@H](c1ccc(C)cc1)N(C(=O)Cn1nnc2ccccc21)c1cccc(C(C)=O)c1. The molecule has 9 heteroatoms. The average molecular weight is 500 g/mol. The average Bonchev–Trinajstić information content (AvgIpc) is 3.30. The van der Waals surface area contributed by atoms with Crippen LogP contribution in [0.2, 0.25) is 0 Å². The predicted molar refractivity (Wildman–Crippen MR) is 140 cm³/mol. The number of carbonyl (C=O) groups is 3. The number of nitrogens with zero attached hydrogens (tertiary/aromatic N) is 4. The number of rotatable bonds is 10. The highest BCUT2D eigenvalue weighted by atomic mass is 16.5. The summed E-state index contributed by atoms with van der Waals surface area (Å²) < 4.78 is 6.60. The van der Waals surface area contributed by atoms with E-state index in [0.717, 1.165) is 5.56 Å². The molecule has 0 saturated heterocycles. The molecule has 190 valence electrons. The number of amides is 2. The smallest absolute Gasteiger partial charge is 0.249 e. The zero-order chi connectivity index (χ0) is 26.4. The molecule has 1 atom stereocenters. The summed E-state index contributed by atoms with van der Waals surface area (Å²) in [6.45, 7) is 3.86. The van der Waals surface area contributed by atoms with Crippen LogP contribution in [-0.4, -0.2) is 52.9 Å². The van der Waals surface area contributed by atoms with Crippen molar-refractivity contribution in [1.82, 2.24) is 20.3 Å². The number of carbonyl (C=O) groups excluding carboxylic acids is 3. The Morgan fingerprint density at radius 2 is 1.78 bits per heavy atom. The standard InChI is InChI=1S/C28H29N5O4/c1-19-11-13-21(14-12-19)27(28(36)29-15-16-37-3)33(23-8-6-7-22(17-23)20(2)34)26(35)18-32-25-10-5-4-9-24(25)30-31-32/h4-14,17,27H,15-16,18H2,1-3H3,(H,29,36)/t27-/m1/s1. The van der Waals surface area contributed by atoms with Crippen LogP contribution in [0.4, 0.5) is 5.69 Å². The van der Waals surface area contributed by atoms with E-state index >= 15 is 0 Å². The first-order valence-electron chi connectivity index (χ1n) is 11.9. The Morgan fingerprint density at radius 3 is 2.51 bits per heavy atom. The van der Waals surface area contributed by atoms with Gasteiger partial charge in [-0.1, -0.05) is 59.3 Å². The third-order valence-corrected chi connectivity index (χ3v) is 6.01. The number of aryl methyl sites for hydroxylation is 1. The Morgan fingerprint density at radius 1 is 1.03 bits per heavy atom. The van der Waals surface area contributed by atoms with Crippen molar-refractivity contribution in [1.29, 1.82) is 0 Å². The van der Waals surface area contributed by atoms with E-state index in [-0.39, 0.29) is 30.7 Å². The number of ketones is 1. The summed E-state index contributed by atoms with van der Waals surface area (Å²) >= 11 is 0. The maximum absolute atomic E-state index is 14.0. The van der Waals surface area contributed by atoms with Gasteiger partial charge in [0.15, 0.2) is 5.78 Å². The van der Waals surface area contributed by atoms with E-state index < -0.39 is 6.04 Å². The van der Waals surface area contributed by atoms with Gasteiger partial charge in [0.1, 0.15) is 18.1 Å². The van der Waals surface area contributed by atoms with E-state index in [9.17, 15) is 14.4 Å². The van der Waals surface area contributed by atoms with Gasteiger partial charge in [0.05, 0.1) is 12.1 Å². The molecule has 1 heterocycles. The zero-order valence-electron chi connectivity index (χ0n) is 21.0. The minimum absolute atomic E-state index is 0.145. The van der Waals surface area contributed by atoms with Crippen molar-refractivity contribution in [3.05, 3.63) is 89.5 Å². The highest BCUT2D eigenvalue weighted by molar-refractivity contribution is 6.03. The van der Waals surface area contributed by atoms with Gasteiger partial charge < -0.3 is 10.1 Å². The number of para-hydroxylation sites is 1. The van der Waals surface area contributed by atoms with E-state index in [1.807, 2.05) is 55.5 Å². The van der Waals surface area contributed by atoms with Crippen LogP contribution in [0, 0.1) is 6.92 Å². The third-order valence-electron chi connectivity index (χ3n) is 6.01. The van der Waals surface area contributed by atoms with E-state index in [1.165, 1.54) is 16.5 Å². The van der Waals surface area contributed by atoms with E-state index in [2.05, 4.69) is 15.6 Å². The summed E-state index contributed by atoms with van der Waals surface area (Å²) in [6, 6.07) is 20.5. The number of nitrogens with one attached hydrogen (secondary N) is 1. The Hall–Kier alpha value is -4.37. The largest absolute Gasteiger partial charge is 0.383 e. The van der Waals surface area contributed by atoms with Crippen LogP contribution < -0.4 is 10.2 Å². The molecule has 2 amide bonds. The fourth-order valence-electron chi connectivity index (χ4n) is 4.09. The molecule has 0 unspecified atom stereocenters. The van der Waals surface area contributed by atoms with E-state index in [1.54, 1.807) is 31.4 Å². The number of anilines is 1. The molecule has 0 aliphatic heterocycles. The molecule has 4 rings (SSSR count). The van der Waals surface area contributed by atoms with Gasteiger partial charge in [0.2, 0.25) is 11.8 Å². The molecule has 1 aromatic heterocycles. The zero-order valence-corrected chi connectivity index (χ0v) is 21.0. The lowest BCUT2D eigenvalue weighted by Gasteiger charge is -2.32. The Labute approximate surface area is 215 Å². The number of aromatic nitrogens is 3. The van der Waals surface area contributed by atoms with Crippen LogP contribution in [0.5, 0.6) is 0 Å².